The van der Waals surface area contributed by atoms with E-state index in [0.717, 1.165) is 11.5 Å². The number of hydrogen-bond acceptors (Lipinski definition) is 1. The van der Waals surface area contributed by atoms with Gasteiger partial charge in [0.1, 0.15) is 11.5 Å². The van der Waals surface area contributed by atoms with Gasteiger partial charge < -0.3 is 4.57 Å². The van der Waals surface area contributed by atoms with Gasteiger partial charge in [-0.25, -0.2) is 4.98 Å². The van der Waals surface area contributed by atoms with Gasteiger partial charge in [-0.05, 0) is 30.7 Å². The number of benzene rings is 1. The molecule has 0 fully saturated rings. The van der Waals surface area contributed by atoms with E-state index in [4.69, 9.17) is 23.2 Å². The molecule has 1 heterocycles. The Balaban J connectivity index is 2.62. The van der Waals surface area contributed by atoms with Crippen molar-refractivity contribution in [3.05, 3.63) is 45.5 Å². The third-order valence-electron chi connectivity index (χ3n) is 3.15. The largest absolute Gasteiger partial charge is 0.416 e. The van der Waals surface area contributed by atoms with E-state index in [1.165, 1.54) is 0 Å². The highest BCUT2D eigenvalue weighted by Crippen LogP contribution is 2.46. The van der Waals surface area contributed by atoms with Crippen LogP contribution in [0.1, 0.15) is 17.1 Å². The van der Waals surface area contributed by atoms with E-state index >= 15 is 0 Å². The smallest absolute Gasteiger partial charge is 0.300 e. The molecule has 1 aromatic carbocycles. The van der Waals surface area contributed by atoms with Crippen molar-refractivity contribution >= 4 is 34.8 Å². The Morgan fingerprint density at radius 2 is 1.44 bits per heavy atom. The molecule has 12 heteroatoms. The standard InChI is InChI=1S/C13H6Cl3F7N2/c1-5-24-9(11(17,18)13(16,22)23)4-25(5)10-7(14)2-6(3-8(10)15)12(19,20)21/h2-4H,1H3. The van der Waals surface area contributed by atoms with Crippen LogP contribution in [-0.2, 0) is 12.1 Å². The molecule has 2 rings (SSSR count). The van der Waals surface area contributed by atoms with Crippen LogP contribution in [0.15, 0.2) is 18.3 Å². The van der Waals surface area contributed by atoms with E-state index in [1.54, 1.807) is 0 Å². The van der Waals surface area contributed by atoms with E-state index in [-0.39, 0.29) is 11.5 Å². The zero-order valence-corrected chi connectivity index (χ0v) is 14.2. The van der Waals surface area contributed by atoms with Gasteiger partial charge >= 0.3 is 17.5 Å². The van der Waals surface area contributed by atoms with E-state index in [9.17, 15) is 30.7 Å². The summed E-state index contributed by atoms with van der Waals surface area (Å²) in [7, 11) is 0. The summed E-state index contributed by atoms with van der Waals surface area (Å²) in [5.74, 6) is -5.09. The highest BCUT2D eigenvalue weighted by atomic mass is 35.5. The molecular weight excluding hydrogens is 424 g/mol. The first-order valence-electron chi connectivity index (χ1n) is 6.24. The van der Waals surface area contributed by atoms with Crippen molar-refractivity contribution in [1.82, 2.24) is 9.55 Å². The maximum absolute atomic E-state index is 13.6. The van der Waals surface area contributed by atoms with E-state index in [0.29, 0.717) is 18.3 Å². The molecule has 2 aromatic rings. The number of imidazole rings is 1. The van der Waals surface area contributed by atoms with Crippen LogP contribution >= 0.6 is 34.8 Å². The van der Waals surface area contributed by atoms with Crippen LogP contribution in [0, 0.1) is 6.92 Å². The number of alkyl halides is 8. The maximum atomic E-state index is 13.6. The molecule has 0 unspecified atom stereocenters. The summed E-state index contributed by atoms with van der Waals surface area (Å²) >= 11 is 15.9. The highest BCUT2D eigenvalue weighted by Gasteiger charge is 2.58. The Hall–Kier alpha value is -1.19. The van der Waals surface area contributed by atoms with Crippen LogP contribution in [0.25, 0.3) is 5.69 Å². The summed E-state index contributed by atoms with van der Waals surface area (Å²) in [6.07, 6.45) is -4.26. The number of aryl methyl sites for hydroxylation is 1. The number of nitrogens with zero attached hydrogens (tertiary/aromatic N) is 2. The van der Waals surface area contributed by atoms with Crippen molar-refractivity contribution in [1.29, 1.82) is 0 Å². The van der Waals surface area contributed by atoms with Gasteiger partial charge in [-0.2, -0.15) is 30.7 Å². The van der Waals surface area contributed by atoms with Crippen LogP contribution in [0.5, 0.6) is 0 Å². The first kappa shape index (κ1) is 20.1. The first-order chi connectivity index (χ1) is 11.2. The number of hydrogen-bond donors (Lipinski definition) is 0. The fourth-order valence-corrected chi connectivity index (χ4v) is 2.72. The Labute approximate surface area is 151 Å². The summed E-state index contributed by atoms with van der Waals surface area (Å²) < 4.78 is 91.9. The summed E-state index contributed by atoms with van der Waals surface area (Å²) in [6.45, 7) is 1.15. The molecule has 0 atom stereocenters. The highest BCUT2D eigenvalue weighted by molar-refractivity contribution is 6.37. The van der Waals surface area contributed by atoms with Gasteiger partial charge in [0.05, 0.1) is 21.3 Å². The average molecular weight is 430 g/mol. The number of aromatic nitrogens is 2. The molecule has 0 aliphatic heterocycles. The number of rotatable bonds is 3. The van der Waals surface area contributed by atoms with Crippen LogP contribution in [0.4, 0.5) is 30.7 Å². The Bertz CT molecular complexity index is 786. The third kappa shape index (κ3) is 3.68. The van der Waals surface area contributed by atoms with Gasteiger partial charge in [0.25, 0.3) is 0 Å². The molecule has 25 heavy (non-hydrogen) atoms. The molecule has 138 valence electrons. The molecule has 1 aromatic heterocycles. The van der Waals surface area contributed by atoms with E-state index in [2.05, 4.69) is 16.6 Å². The van der Waals surface area contributed by atoms with E-state index in [1.807, 2.05) is 0 Å². The quantitative estimate of drug-likeness (QED) is 0.406. The van der Waals surface area contributed by atoms with Crippen molar-refractivity contribution in [2.75, 3.05) is 0 Å². The van der Waals surface area contributed by atoms with Crippen LogP contribution in [-0.4, -0.2) is 14.9 Å². The summed E-state index contributed by atoms with van der Waals surface area (Å²) in [6, 6.07) is 1.05. The normalized spacial score (nSPS) is 13.4. The molecule has 0 amide bonds. The van der Waals surface area contributed by atoms with Gasteiger partial charge in [-0.3, -0.25) is 0 Å². The minimum atomic E-state index is -4.92. The lowest BCUT2D eigenvalue weighted by Gasteiger charge is -2.18. The summed E-state index contributed by atoms with van der Waals surface area (Å²) in [5.41, 5.74) is -2.87. The lowest BCUT2D eigenvalue weighted by molar-refractivity contribution is -0.166. The second-order valence-corrected chi connectivity index (χ2v) is 6.19. The lowest BCUT2D eigenvalue weighted by atomic mass is 10.2. The van der Waals surface area contributed by atoms with Crippen LogP contribution in [0.3, 0.4) is 0 Å². The van der Waals surface area contributed by atoms with E-state index < -0.39 is 38.8 Å². The zero-order valence-electron chi connectivity index (χ0n) is 11.9. The fraction of sp³-hybridized carbons (Fsp3) is 0.308. The number of halogens is 10. The van der Waals surface area contributed by atoms with Crippen molar-refractivity contribution in [2.45, 2.75) is 24.4 Å². The Kier molecular flexibility index (Phi) is 5.00. The maximum Gasteiger partial charge on any atom is 0.416 e. The molecule has 0 spiro atoms. The molecule has 2 nitrogen and oxygen atoms in total. The molecule has 0 N–H and O–H groups in total. The van der Waals surface area contributed by atoms with Crippen LogP contribution < -0.4 is 0 Å². The predicted octanol–water partition coefficient (Wildman–Crippen LogP) is 6.43. The second-order valence-electron chi connectivity index (χ2n) is 4.90. The van der Waals surface area contributed by atoms with Gasteiger partial charge in [0.2, 0.25) is 0 Å². The topological polar surface area (TPSA) is 17.8 Å². The molecule has 0 aliphatic carbocycles. The summed E-state index contributed by atoms with van der Waals surface area (Å²) in [5, 5.41) is -5.99. The summed E-state index contributed by atoms with van der Waals surface area (Å²) in [4.78, 5) is 3.29. The monoisotopic (exact) mass is 428 g/mol. The fourth-order valence-electron chi connectivity index (χ4n) is 1.95. The van der Waals surface area contributed by atoms with Gasteiger partial charge in [-0.1, -0.05) is 23.2 Å². The third-order valence-corrected chi connectivity index (χ3v) is 3.96. The molecule has 0 radical (unpaired) electrons. The second kappa shape index (κ2) is 6.21. The first-order valence-corrected chi connectivity index (χ1v) is 7.37. The van der Waals surface area contributed by atoms with Gasteiger partial charge in [0, 0.05) is 6.20 Å². The Morgan fingerprint density at radius 3 is 1.84 bits per heavy atom. The van der Waals surface area contributed by atoms with Gasteiger partial charge in [0.15, 0.2) is 0 Å². The molecule has 0 saturated heterocycles. The van der Waals surface area contributed by atoms with Crippen molar-refractivity contribution in [3.63, 3.8) is 0 Å². The SMILES string of the molecule is Cc1nc(C(F)(F)C(F)(F)Cl)cn1-c1c(Cl)cc(C(F)(F)F)cc1Cl. The molecule has 0 bridgehead atoms. The predicted molar refractivity (Wildman–Crippen MR) is 78.0 cm³/mol. The lowest BCUT2D eigenvalue weighted by Crippen LogP contribution is -2.33. The zero-order chi connectivity index (χ0) is 19.4. The molecule has 0 aliphatic rings. The molecule has 0 saturated carbocycles. The van der Waals surface area contributed by atoms with Gasteiger partial charge in [-0.15, -0.1) is 0 Å². The average Bonchev–Trinajstić information content (AvgIpc) is 2.78. The van der Waals surface area contributed by atoms with Crippen molar-refractivity contribution in [2.24, 2.45) is 0 Å². The molecular formula is C13H6Cl3F7N2. The Morgan fingerprint density at radius 1 is 0.960 bits per heavy atom. The minimum Gasteiger partial charge on any atom is -0.300 e. The minimum absolute atomic E-state index is 0.265. The van der Waals surface area contributed by atoms with Crippen LogP contribution in [0.2, 0.25) is 10.0 Å². The van der Waals surface area contributed by atoms with Crippen molar-refractivity contribution < 1.29 is 30.7 Å². The van der Waals surface area contributed by atoms with Crippen molar-refractivity contribution in [3.8, 4) is 5.69 Å².